The van der Waals surface area contributed by atoms with Gasteiger partial charge in [-0.2, -0.15) is 9.78 Å². The molecule has 0 aliphatic carbocycles. The largest absolute Gasteiger partial charge is 0.378 e. The third-order valence-electron chi connectivity index (χ3n) is 5.51. The molecule has 0 N–H and O–H groups in total. The first kappa shape index (κ1) is 27.1. The molecule has 36 heavy (non-hydrogen) atoms. The molecule has 1 saturated heterocycles. The average molecular weight is 614 g/mol. The van der Waals surface area contributed by atoms with Crippen LogP contribution >= 0.6 is 50.6 Å². The molecule has 1 aliphatic rings. The van der Waals surface area contributed by atoms with E-state index in [1.54, 1.807) is 17.2 Å². The van der Waals surface area contributed by atoms with Crippen LogP contribution in [0.4, 0.5) is 0 Å². The summed E-state index contributed by atoms with van der Waals surface area (Å²) in [5.41, 5.74) is 0.203. The van der Waals surface area contributed by atoms with Crippen molar-refractivity contribution < 1.29 is 14.3 Å². The fourth-order valence-electron chi connectivity index (χ4n) is 3.56. The molecule has 1 aliphatic heterocycles. The van der Waals surface area contributed by atoms with E-state index in [-0.39, 0.29) is 23.9 Å². The van der Waals surface area contributed by atoms with Gasteiger partial charge in [-0.25, -0.2) is 0 Å². The lowest BCUT2D eigenvalue weighted by molar-refractivity contribution is -0.135. The van der Waals surface area contributed by atoms with E-state index in [2.05, 4.69) is 21.0 Å². The van der Waals surface area contributed by atoms with Crippen LogP contribution in [0.1, 0.15) is 30.4 Å². The summed E-state index contributed by atoms with van der Waals surface area (Å²) in [6, 6.07) is 7.32. The van der Waals surface area contributed by atoms with Crippen molar-refractivity contribution in [2.75, 3.05) is 26.3 Å². The Kier molecular flexibility index (Phi) is 8.45. The number of ether oxygens (including phenoxy) is 1. The number of carbonyl (C=O) groups excluding carboxylic acids is 2. The van der Waals surface area contributed by atoms with Gasteiger partial charge in [0.05, 0.1) is 27.7 Å². The van der Waals surface area contributed by atoms with E-state index in [1.807, 2.05) is 39.0 Å². The third-order valence-corrected chi connectivity index (χ3v) is 8.53. The number of morpholine rings is 1. The smallest absolute Gasteiger partial charge is 0.265 e. The number of rotatable bonds is 6. The van der Waals surface area contributed by atoms with Crippen LogP contribution in [0.2, 0.25) is 4.34 Å². The molecule has 3 aromatic heterocycles. The summed E-state index contributed by atoms with van der Waals surface area (Å²) in [4.78, 5) is 41.5. The van der Waals surface area contributed by atoms with Crippen molar-refractivity contribution in [3.63, 3.8) is 0 Å². The predicted molar refractivity (Wildman–Crippen MR) is 146 cm³/mol. The molecule has 192 valence electrons. The van der Waals surface area contributed by atoms with E-state index in [1.165, 1.54) is 32.3 Å². The first-order chi connectivity index (χ1) is 17.0. The van der Waals surface area contributed by atoms with Crippen LogP contribution in [0.3, 0.4) is 0 Å². The zero-order valence-corrected chi connectivity index (χ0v) is 24.1. The zero-order valence-electron chi connectivity index (χ0n) is 20.1. The Morgan fingerprint density at radius 3 is 2.58 bits per heavy atom. The lowest BCUT2D eigenvalue weighted by Crippen LogP contribution is -2.43. The second-order valence-electron chi connectivity index (χ2n) is 9.33. The third kappa shape index (κ3) is 6.31. The molecular weight excluding hydrogens is 588 g/mol. The fourth-order valence-corrected chi connectivity index (χ4v) is 6.16. The minimum atomic E-state index is -0.644. The summed E-state index contributed by atoms with van der Waals surface area (Å²) >= 11 is 12.4. The van der Waals surface area contributed by atoms with Crippen LogP contribution in [-0.2, 0) is 21.8 Å². The Labute approximate surface area is 230 Å². The number of aromatic nitrogens is 3. The van der Waals surface area contributed by atoms with E-state index in [9.17, 15) is 14.4 Å². The molecule has 0 saturated carbocycles. The van der Waals surface area contributed by atoms with E-state index in [4.69, 9.17) is 16.3 Å². The highest BCUT2D eigenvalue weighted by Crippen LogP contribution is 2.33. The first-order valence-corrected chi connectivity index (χ1v) is 14.3. The monoisotopic (exact) mass is 612 g/mol. The van der Waals surface area contributed by atoms with Crippen LogP contribution < -0.4 is 5.56 Å². The van der Waals surface area contributed by atoms with Crippen LogP contribution in [-0.4, -0.2) is 57.4 Å². The molecule has 4 rings (SSSR count). The molecule has 0 radical (unpaired) electrons. The zero-order chi connectivity index (χ0) is 26.0. The fraction of sp³-hybridized carbons (Fsp3) is 0.417. The Morgan fingerprint density at radius 1 is 1.22 bits per heavy atom. The van der Waals surface area contributed by atoms with E-state index >= 15 is 0 Å². The van der Waals surface area contributed by atoms with Crippen molar-refractivity contribution in [1.82, 2.24) is 19.2 Å². The molecule has 8 nitrogen and oxygen atoms in total. The van der Waals surface area contributed by atoms with Gasteiger partial charge in [-0.3, -0.25) is 14.4 Å². The summed E-state index contributed by atoms with van der Waals surface area (Å²) in [5.74, 6) is 0.344. The maximum atomic E-state index is 13.2. The standard InChI is InChI=1S/C24H26BrClN4O4S2/c1-24(2,3)23(33)30-21(35-14-16-4-5-19(26)36-16)11-18(27-30)15-10-17(25)22(32)29(12-15)13-20(31)28-6-8-34-9-7-28/h4-5,10-12H,6-9,13-14H2,1-3H3. The van der Waals surface area contributed by atoms with E-state index < -0.39 is 5.41 Å². The van der Waals surface area contributed by atoms with Crippen molar-refractivity contribution in [2.24, 2.45) is 5.41 Å². The van der Waals surface area contributed by atoms with Gasteiger partial charge in [0.2, 0.25) is 5.91 Å². The number of nitrogens with zero attached hydrogens (tertiary/aromatic N) is 4. The van der Waals surface area contributed by atoms with Crippen LogP contribution in [0.5, 0.6) is 0 Å². The second kappa shape index (κ2) is 11.2. The number of thiophene rings is 1. The molecule has 1 fully saturated rings. The Hall–Kier alpha value is -1.92. The SMILES string of the molecule is CC(C)(C)C(=O)n1nc(-c2cc(Br)c(=O)n(CC(=O)N3CCOCC3)c2)cc1SCc1ccc(Cl)s1. The minimum absolute atomic E-state index is 0.0896. The molecule has 12 heteroatoms. The highest BCUT2D eigenvalue weighted by atomic mass is 79.9. The Morgan fingerprint density at radius 2 is 1.94 bits per heavy atom. The minimum Gasteiger partial charge on any atom is -0.378 e. The highest BCUT2D eigenvalue weighted by molar-refractivity contribution is 9.10. The first-order valence-electron chi connectivity index (χ1n) is 11.3. The number of pyridine rings is 1. The van der Waals surface area contributed by atoms with Crippen molar-refractivity contribution >= 4 is 62.4 Å². The molecule has 0 unspecified atom stereocenters. The molecule has 0 bridgehead atoms. The maximum absolute atomic E-state index is 13.2. The molecule has 3 aromatic rings. The lowest BCUT2D eigenvalue weighted by atomic mass is 9.96. The summed E-state index contributed by atoms with van der Waals surface area (Å²) < 4.78 is 9.14. The number of thioether (sulfide) groups is 1. The Bertz CT molecular complexity index is 1340. The van der Waals surface area contributed by atoms with Gasteiger partial charge in [0.1, 0.15) is 11.6 Å². The van der Waals surface area contributed by atoms with Gasteiger partial charge in [-0.1, -0.05) is 32.4 Å². The molecule has 1 amide bonds. The van der Waals surface area contributed by atoms with Gasteiger partial charge in [-0.15, -0.1) is 23.1 Å². The summed E-state index contributed by atoms with van der Waals surface area (Å²) in [6.07, 6.45) is 1.62. The topological polar surface area (TPSA) is 86.4 Å². The summed E-state index contributed by atoms with van der Waals surface area (Å²) in [6.45, 7) is 7.43. The molecular formula is C24H26BrClN4O4S2. The molecule has 0 spiro atoms. The normalized spacial score (nSPS) is 14.3. The summed E-state index contributed by atoms with van der Waals surface area (Å²) in [7, 11) is 0. The summed E-state index contributed by atoms with van der Waals surface area (Å²) in [5, 5.41) is 5.31. The van der Waals surface area contributed by atoms with Crippen molar-refractivity contribution in [3.8, 4) is 11.3 Å². The van der Waals surface area contributed by atoms with Crippen molar-refractivity contribution in [1.29, 1.82) is 0 Å². The second-order valence-corrected chi connectivity index (χ2v) is 13.0. The van der Waals surface area contributed by atoms with Gasteiger partial charge in [-0.05, 0) is 40.2 Å². The van der Waals surface area contributed by atoms with Gasteiger partial charge in [0, 0.05) is 40.9 Å². The van der Waals surface area contributed by atoms with Crippen LogP contribution in [0.25, 0.3) is 11.3 Å². The highest BCUT2D eigenvalue weighted by Gasteiger charge is 2.27. The van der Waals surface area contributed by atoms with Gasteiger partial charge in [0.15, 0.2) is 0 Å². The number of carbonyl (C=O) groups is 2. The number of halogens is 2. The number of hydrogen-bond acceptors (Lipinski definition) is 7. The quantitative estimate of drug-likeness (QED) is 0.363. The predicted octanol–water partition coefficient (Wildman–Crippen LogP) is 5.03. The number of amides is 1. The van der Waals surface area contributed by atoms with Gasteiger partial charge < -0.3 is 14.2 Å². The van der Waals surface area contributed by atoms with E-state index in [0.29, 0.717) is 57.1 Å². The van der Waals surface area contributed by atoms with Gasteiger partial charge >= 0.3 is 0 Å². The molecule has 4 heterocycles. The molecule has 0 atom stereocenters. The van der Waals surface area contributed by atoms with Crippen molar-refractivity contribution in [2.45, 2.75) is 38.1 Å². The molecule has 0 aromatic carbocycles. The lowest BCUT2D eigenvalue weighted by Gasteiger charge is -2.27. The number of hydrogen-bond donors (Lipinski definition) is 0. The van der Waals surface area contributed by atoms with Crippen LogP contribution in [0.15, 0.2) is 44.8 Å². The van der Waals surface area contributed by atoms with Gasteiger partial charge in [0.25, 0.3) is 11.5 Å². The van der Waals surface area contributed by atoms with Crippen LogP contribution in [0, 0.1) is 5.41 Å². The van der Waals surface area contributed by atoms with E-state index in [0.717, 1.165) is 4.88 Å². The van der Waals surface area contributed by atoms with Crippen molar-refractivity contribution in [3.05, 3.63) is 54.5 Å². The maximum Gasteiger partial charge on any atom is 0.265 e. The Balaban J connectivity index is 1.66. The average Bonchev–Trinajstić information content (AvgIpc) is 3.45.